The average molecular weight is 230 g/mol. The van der Waals surface area contributed by atoms with Gasteiger partial charge < -0.3 is 16.2 Å². The van der Waals surface area contributed by atoms with Gasteiger partial charge in [-0.3, -0.25) is 4.79 Å². The van der Waals surface area contributed by atoms with Crippen LogP contribution in [0.1, 0.15) is 40.5 Å². The van der Waals surface area contributed by atoms with Crippen LogP contribution in [0.25, 0.3) is 0 Å². The largest absolute Gasteiger partial charge is 0.393 e. The fourth-order valence-electron chi connectivity index (χ4n) is 1.69. The van der Waals surface area contributed by atoms with Crippen molar-refractivity contribution in [1.82, 2.24) is 5.32 Å². The van der Waals surface area contributed by atoms with Crippen molar-refractivity contribution < 1.29 is 9.90 Å². The van der Waals surface area contributed by atoms with Crippen LogP contribution in [0.15, 0.2) is 0 Å². The van der Waals surface area contributed by atoms with Crippen LogP contribution in [0.5, 0.6) is 0 Å². The molecule has 96 valence electrons. The summed E-state index contributed by atoms with van der Waals surface area (Å²) in [5, 5.41) is 12.0. The number of amides is 1. The molecule has 0 spiro atoms. The molecule has 0 heterocycles. The molecule has 0 aliphatic rings. The Morgan fingerprint density at radius 3 is 2.25 bits per heavy atom. The van der Waals surface area contributed by atoms with Gasteiger partial charge in [0.1, 0.15) is 0 Å². The molecule has 0 saturated heterocycles. The molecule has 0 aromatic rings. The van der Waals surface area contributed by atoms with E-state index in [-0.39, 0.29) is 17.9 Å². The summed E-state index contributed by atoms with van der Waals surface area (Å²) in [5.41, 5.74) is 5.74. The zero-order chi connectivity index (χ0) is 12.7. The summed E-state index contributed by atoms with van der Waals surface area (Å²) in [5.74, 6) is 0.608. The average Bonchev–Trinajstić information content (AvgIpc) is 2.11. The number of aliphatic hydroxyl groups excluding tert-OH is 1. The van der Waals surface area contributed by atoms with Gasteiger partial charge in [-0.05, 0) is 31.6 Å². The Labute approximate surface area is 98.6 Å². The van der Waals surface area contributed by atoms with E-state index in [1.807, 2.05) is 20.8 Å². The number of carbonyl (C=O) groups excluding carboxylic acids is 1. The van der Waals surface area contributed by atoms with Gasteiger partial charge in [0.05, 0.1) is 12.1 Å². The van der Waals surface area contributed by atoms with Crippen LogP contribution in [-0.2, 0) is 4.79 Å². The number of aliphatic hydroxyl groups is 1. The highest BCUT2D eigenvalue weighted by Gasteiger charge is 2.15. The first-order valence-electron chi connectivity index (χ1n) is 6.04. The Balaban J connectivity index is 3.79. The van der Waals surface area contributed by atoms with Crippen molar-refractivity contribution in [2.24, 2.45) is 17.6 Å². The lowest BCUT2D eigenvalue weighted by Crippen LogP contribution is -2.43. The van der Waals surface area contributed by atoms with Gasteiger partial charge in [-0.1, -0.05) is 20.8 Å². The standard InChI is InChI=1S/C12H26N2O2/c1-8(2)5-11(13)12(16)14-7-9(3)6-10(4)15/h8-11,15H,5-7,13H2,1-4H3,(H,14,16)/t9?,10?,11-/m0/s1. The van der Waals surface area contributed by atoms with E-state index in [2.05, 4.69) is 5.32 Å². The van der Waals surface area contributed by atoms with E-state index < -0.39 is 6.04 Å². The minimum atomic E-state index is -0.418. The predicted molar refractivity (Wildman–Crippen MR) is 65.9 cm³/mol. The summed E-state index contributed by atoms with van der Waals surface area (Å²) >= 11 is 0. The number of hydrogen-bond donors (Lipinski definition) is 3. The summed E-state index contributed by atoms with van der Waals surface area (Å²) in [6, 6.07) is -0.418. The SMILES string of the molecule is CC(C)C[C@H](N)C(=O)NCC(C)CC(C)O. The smallest absolute Gasteiger partial charge is 0.236 e. The quantitative estimate of drug-likeness (QED) is 0.608. The van der Waals surface area contributed by atoms with Crippen LogP contribution >= 0.6 is 0 Å². The van der Waals surface area contributed by atoms with Crippen LogP contribution < -0.4 is 11.1 Å². The van der Waals surface area contributed by atoms with Gasteiger partial charge in [-0.25, -0.2) is 0 Å². The maximum Gasteiger partial charge on any atom is 0.236 e. The molecule has 0 rings (SSSR count). The summed E-state index contributed by atoms with van der Waals surface area (Å²) in [6.45, 7) is 8.42. The number of nitrogens with two attached hydrogens (primary N) is 1. The fraction of sp³-hybridized carbons (Fsp3) is 0.917. The molecule has 0 bridgehead atoms. The van der Waals surface area contributed by atoms with Crippen LogP contribution in [0.2, 0.25) is 0 Å². The van der Waals surface area contributed by atoms with E-state index >= 15 is 0 Å². The van der Waals surface area contributed by atoms with Crippen molar-refractivity contribution in [2.45, 2.75) is 52.7 Å². The van der Waals surface area contributed by atoms with E-state index in [1.165, 1.54) is 0 Å². The lowest BCUT2D eigenvalue weighted by atomic mass is 10.0. The summed E-state index contributed by atoms with van der Waals surface area (Å²) < 4.78 is 0. The first-order chi connectivity index (χ1) is 7.32. The van der Waals surface area contributed by atoms with Gasteiger partial charge in [0.15, 0.2) is 0 Å². The van der Waals surface area contributed by atoms with Crippen molar-refractivity contribution in [2.75, 3.05) is 6.54 Å². The van der Waals surface area contributed by atoms with Crippen molar-refractivity contribution >= 4 is 5.91 Å². The molecular weight excluding hydrogens is 204 g/mol. The summed E-state index contributed by atoms with van der Waals surface area (Å²) in [4.78, 5) is 11.6. The van der Waals surface area contributed by atoms with Crippen LogP contribution in [0, 0.1) is 11.8 Å². The van der Waals surface area contributed by atoms with Crippen LogP contribution in [-0.4, -0.2) is 29.7 Å². The monoisotopic (exact) mass is 230 g/mol. The number of carbonyl (C=O) groups is 1. The molecule has 0 aromatic heterocycles. The Morgan fingerprint density at radius 1 is 1.25 bits per heavy atom. The third-order valence-corrected chi connectivity index (χ3v) is 2.43. The van der Waals surface area contributed by atoms with Gasteiger partial charge >= 0.3 is 0 Å². The maximum atomic E-state index is 11.6. The minimum Gasteiger partial charge on any atom is -0.393 e. The minimum absolute atomic E-state index is 0.0915. The molecule has 4 N–H and O–H groups in total. The highest BCUT2D eigenvalue weighted by atomic mass is 16.3. The lowest BCUT2D eigenvalue weighted by molar-refractivity contribution is -0.122. The molecule has 16 heavy (non-hydrogen) atoms. The first-order valence-corrected chi connectivity index (χ1v) is 6.04. The molecule has 1 amide bonds. The highest BCUT2D eigenvalue weighted by Crippen LogP contribution is 2.05. The Morgan fingerprint density at radius 2 is 1.81 bits per heavy atom. The van der Waals surface area contributed by atoms with Crippen LogP contribution in [0.3, 0.4) is 0 Å². The van der Waals surface area contributed by atoms with Crippen LogP contribution in [0.4, 0.5) is 0 Å². The fourth-order valence-corrected chi connectivity index (χ4v) is 1.69. The number of hydrogen-bond acceptors (Lipinski definition) is 3. The van der Waals surface area contributed by atoms with Gasteiger partial charge in [-0.2, -0.15) is 0 Å². The topological polar surface area (TPSA) is 75.4 Å². The van der Waals surface area contributed by atoms with Crippen molar-refractivity contribution in [1.29, 1.82) is 0 Å². The van der Waals surface area contributed by atoms with Crippen molar-refractivity contribution in [3.8, 4) is 0 Å². The summed E-state index contributed by atoms with van der Waals surface area (Å²) in [6.07, 6.45) is 1.08. The number of rotatable bonds is 7. The molecule has 4 heteroatoms. The maximum absolute atomic E-state index is 11.6. The second-order valence-electron chi connectivity index (χ2n) is 5.17. The van der Waals surface area contributed by atoms with Gasteiger partial charge in [0, 0.05) is 6.54 Å². The molecule has 0 saturated carbocycles. The molecule has 0 aromatic carbocycles. The second-order valence-corrected chi connectivity index (χ2v) is 5.17. The molecule has 4 nitrogen and oxygen atoms in total. The second kappa shape index (κ2) is 7.63. The molecule has 0 radical (unpaired) electrons. The number of nitrogens with one attached hydrogen (secondary N) is 1. The van der Waals surface area contributed by atoms with Gasteiger partial charge in [-0.15, -0.1) is 0 Å². The molecule has 0 aliphatic heterocycles. The van der Waals surface area contributed by atoms with Crippen molar-refractivity contribution in [3.05, 3.63) is 0 Å². The Hall–Kier alpha value is -0.610. The molecule has 2 unspecified atom stereocenters. The first kappa shape index (κ1) is 15.4. The van der Waals surface area contributed by atoms with Gasteiger partial charge in [0.25, 0.3) is 0 Å². The van der Waals surface area contributed by atoms with E-state index in [9.17, 15) is 9.90 Å². The molecule has 0 aliphatic carbocycles. The third kappa shape index (κ3) is 7.65. The summed E-state index contributed by atoms with van der Waals surface area (Å²) in [7, 11) is 0. The molecule has 3 atom stereocenters. The van der Waals surface area contributed by atoms with E-state index in [0.29, 0.717) is 25.3 Å². The lowest BCUT2D eigenvalue weighted by Gasteiger charge is -2.17. The zero-order valence-electron chi connectivity index (χ0n) is 10.9. The Bertz CT molecular complexity index is 205. The van der Waals surface area contributed by atoms with Crippen molar-refractivity contribution in [3.63, 3.8) is 0 Å². The predicted octanol–water partition coefficient (Wildman–Crippen LogP) is 0.883. The molecular formula is C12H26N2O2. The van der Waals surface area contributed by atoms with E-state index in [0.717, 1.165) is 0 Å². The van der Waals surface area contributed by atoms with Gasteiger partial charge in [0.2, 0.25) is 5.91 Å². The third-order valence-electron chi connectivity index (χ3n) is 2.43. The van der Waals surface area contributed by atoms with E-state index in [4.69, 9.17) is 5.73 Å². The normalized spacial score (nSPS) is 16.9. The zero-order valence-corrected chi connectivity index (χ0v) is 10.9. The van der Waals surface area contributed by atoms with E-state index in [1.54, 1.807) is 6.92 Å². The Kier molecular flexibility index (Phi) is 7.34. The molecule has 0 fully saturated rings. The highest BCUT2D eigenvalue weighted by molar-refractivity contribution is 5.81.